The fourth-order valence-electron chi connectivity index (χ4n) is 1.81. The summed E-state index contributed by atoms with van der Waals surface area (Å²) in [6.07, 6.45) is 0. The number of carboxylic acid groups (broad SMARTS) is 1. The Kier molecular flexibility index (Phi) is 3.50. The fourth-order valence-corrected chi connectivity index (χ4v) is 1.81. The molecular formula is C13H16N4O2. The third-order valence-corrected chi connectivity index (χ3v) is 2.94. The predicted octanol–water partition coefficient (Wildman–Crippen LogP) is 1.40. The van der Waals surface area contributed by atoms with Gasteiger partial charge in [0.1, 0.15) is 0 Å². The van der Waals surface area contributed by atoms with Gasteiger partial charge in [0, 0.05) is 19.8 Å². The number of nitrogens with zero attached hydrogens (tertiary/aromatic N) is 4. The average molecular weight is 260 g/mol. The lowest BCUT2D eigenvalue weighted by Gasteiger charge is -2.13. The van der Waals surface area contributed by atoms with Gasteiger partial charge in [-0.2, -0.15) is 0 Å². The van der Waals surface area contributed by atoms with Crippen molar-refractivity contribution < 1.29 is 9.90 Å². The third-order valence-electron chi connectivity index (χ3n) is 2.94. The number of carbonyl (C=O) groups is 1. The molecule has 0 bridgehead atoms. The Morgan fingerprint density at radius 1 is 1.42 bits per heavy atom. The van der Waals surface area contributed by atoms with Crippen molar-refractivity contribution in [1.29, 1.82) is 0 Å². The standard InChI is InChI=1S/C13H16N4O2/c1-9-12(13(18)19)14-15-17(9)8-10-5-4-6-11(7-10)16(2)3/h4-7H,8H2,1-3H3,(H,18,19). The van der Waals surface area contributed by atoms with Crippen LogP contribution >= 0.6 is 0 Å². The molecule has 0 unspecified atom stereocenters. The molecule has 0 saturated carbocycles. The highest BCUT2D eigenvalue weighted by atomic mass is 16.4. The quantitative estimate of drug-likeness (QED) is 0.899. The first kappa shape index (κ1) is 13.1. The molecule has 19 heavy (non-hydrogen) atoms. The molecule has 1 aromatic heterocycles. The van der Waals surface area contributed by atoms with E-state index in [9.17, 15) is 4.79 Å². The molecule has 100 valence electrons. The van der Waals surface area contributed by atoms with Gasteiger partial charge >= 0.3 is 5.97 Å². The number of aromatic carboxylic acids is 1. The van der Waals surface area contributed by atoms with Crippen LogP contribution in [0, 0.1) is 6.92 Å². The Balaban J connectivity index is 2.26. The molecule has 6 heteroatoms. The first-order valence-corrected chi connectivity index (χ1v) is 5.88. The van der Waals surface area contributed by atoms with E-state index < -0.39 is 5.97 Å². The monoisotopic (exact) mass is 260 g/mol. The summed E-state index contributed by atoms with van der Waals surface area (Å²) < 4.78 is 1.60. The summed E-state index contributed by atoms with van der Waals surface area (Å²) in [5, 5.41) is 16.5. The Morgan fingerprint density at radius 3 is 2.74 bits per heavy atom. The maximum atomic E-state index is 10.9. The molecular weight excluding hydrogens is 244 g/mol. The first-order chi connectivity index (χ1) is 8.99. The SMILES string of the molecule is Cc1c(C(=O)O)nnn1Cc1cccc(N(C)C)c1. The van der Waals surface area contributed by atoms with Crippen LogP contribution in [-0.2, 0) is 6.54 Å². The molecule has 0 spiro atoms. The van der Waals surface area contributed by atoms with Crippen LogP contribution in [0.3, 0.4) is 0 Å². The normalized spacial score (nSPS) is 10.5. The zero-order valence-electron chi connectivity index (χ0n) is 11.2. The van der Waals surface area contributed by atoms with Gasteiger partial charge in [-0.15, -0.1) is 5.10 Å². The lowest BCUT2D eigenvalue weighted by Crippen LogP contribution is -2.10. The Morgan fingerprint density at radius 2 is 2.16 bits per heavy atom. The van der Waals surface area contributed by atoms with Crippen LogP contribution in [-0.4, -0.2) is 40.2 Å². The molecule has 2 rings (SSSR count). The number of hydrogen-bond donors (Lipinski definition) is 1. The molecule has 0 aliphatic heterocycles. The van der Waals surface area contributed by atoms with Crippen LogP contribution < -0.4 is 4.90 Å². The maximum absolute atomic E-state index is 10.9. The van der Waals surface area contributed by atoms with Crippen LogP contribution in [0.1, 0.15) is 21.7 Å². The Bertz CT molecular complexity index is 604. The number of aromatic nitrogens is 3. The predicted molar refractivity (Wildman–Crippen MR) is 71.6 cm³/mol. The van der Waals surface area contributed by atoms with Gasteiger partial charge in [0.2, 0.25) is 0 Å². The summed E-state index contributed by atoms with van der Waals surface area (Å²) in [6, 6.07) is 8.01. The maximum Gasteiger partial charge on any atom is 0.358 e. The minimum atomic E-state index is -1.05. The Labute approximate surface area is 111 Å². The molecule has 0 aliphatic rings. The Hall–Kier alpha value is -2.37. The van der Waals surface area contributed by atoms with Crippen LogP contribution in [0.4, 0.5) is 5.69 Å². The van der Waals surface area contributed by atoms with Crippen LogP contribution in [0.5, 0.6) is 0 Å². The van der Waals surface area contributed by atoms with E-state index >= 15 is 0 Å². The second-order valence-corrected chi connectivity index (χ2v) is 4.55. The van der Waals surface area contributed by atoms with Gasteiger partial charge in [0.25, 0.3) is 0 Å². The van der Waals surface area contributed by atoms with Crippen LogP contribution in [0.25, 0.3) is 0 Å². The van der Waals surface area contributed by atoms with Gasteiger partial charge in [0.15, 0.2) is 5.69 Å². The average Bonchev–Trinajstić information content (AvgIpc) is 2.71. The molecule has 1 N–H and O–H groups in total. The molecule has 2 aromatic rings. The lowest BCUT2D eigenvalue weighted by atomic mass is 10.2. The van der Waals surface area contributed by atoms with Crippen molar-refractivity contribution in [3.8, 4) is 0 Å². The topological polar surface area (TPSA) is 71.2 Å². The highest BCUT2D eigenvalue weighted by molar-refractivity contribution is 5.86. The number of carboxylic acids is 1. The van der Waals surface area contributed by atoms with Gasteiger partial charge in [0.05, 0.1) is 12.2 Å². The highest BCUT2D eigenvalue weighted by Gasteiger charge is 2.15. The number of benzene rings is 1. The molecule has 0 amide bonds. The number of hydrogen-bond acceptors (Lipinski definition) is 4. The molecule has 0 fully saturated rings. The zero-order valence-corrected chi connectivity index (χ0v) is 11.2. The number of rotatable bonds is 4. The molecule has 1 aromatic carbocycles. The van der Waals surface area contributed by atoms with Crippen LogP contribution in [0.2, 0.25) is 0 Å². The van der Waals surface area contributed by atoms with Crippen molar-refractivity contribution in [2.45, 2.75) is 13.5 Å². The van der Waals surface area contributed by atoms with Gasteiger partial charge in [-0.05, 0) is 24.6 Å². The van der Waals surface area contributed by atoms with Gasteiger partial charge in [-0.1, -0.05) is 17.3 Å². The van der Waals surface area contributed by atoms with E-state index in [0.29, 0.717) is 12.2 Å². The van der Waals surface area contributed by atoms with Crippen molar-refractivity contribution in [3.63, 3.8) is 0 Å². The second-order valence-electron chi connectivity index (χ2n) is 4.55. The largest absolute Gasteiger partial charge is 0.476 e. The highest BCUT2D eigenvalue weighted by Crippen LogP contribution is 2.15. The zero-order chi connectivity index (χ0) is 14.0. The van der Waals surface area contributed by atoms with Crippen molar-refractivity contribution in [1.82, 2.24) is 15.0 Å². The molecule has 1 heterocycles. The van der Waals surface area contributed by atoms with E-state index in [2.05, 4.69) is 10.3 Å². The van der Waals surface area contributed by atoms with Gasteiger partial charge < -0.3 is 10.0 Å². The molecule has 0 aliphatic carbocycles. The third kappa shape index (κ3) is 2.73. The van der Waals surface area contributed by atoms with Crippen molar-refractivity contribution >= 4 is 11.7 Å². The van der Waals surface area contributed by atoms with Gasteiger partial charge in [-0.3, -0.25) is 0 Å². The summed E-state index contributed by atoms with van der Waals surface area (Å²) in [7, 11) is 3.95. The minimum Gasteiger partial charge on any atom is -0.476 e. The van der Waals surface area contributed by atoms with Gasteiger partial charge in [-0.25, -0.2) is 9.48 Å². The van der Waals surface area contributed by atoms with E-state index in [1.807, 2.05) is 43.3 Å². The van der Waals surface area contributed by atoms with Crippen molar-refractivity contribution in [2.24, 2.45) is 0 Å². The fraction of sp³-hybridized carbons (Fsp3) is 0.308. The lowest BCUT2D eigenvalue weighted by molar-refractivity contribution is 0.0689. The summed E-state index contributed by atoms with van der Waals surface area (Å²) in [4.78, 5) is 12.9. The van der Waals surface area contributed by atoms with E-state index in [1.54, 1.807) is 11.6 Å². The van der Waals surface area contributed by atoms with E-state index in [4.69, 9.17) is 5.11 Å². The minimum absolute atomic E-state index is 0.00349. The van der Waals surface area contributed by atoms with Crippen molar-refractivity contribution in [3.05, 3.63) is 41.2 Å². The van der Waals surface area contributed by atoms with E-state index in [0.717, 1.165) is 11.3 Å². The summed E-state index contributed by atoms with van der Waals surface area (Å²) >= 11 is 0. The summed E-state index contributed by atoms with van der Waals surface area (Å²) in [5.74, 6) is -1.05. The smallest absolute Gasteiger partial charge is 0.358 e. The number of anilines is 1. The molecule has 0 saturated heterocycles. The molecule has 0 radical (unpaired) electrons. The van der Waals surface area contributed by atoms with Crippen LogP contribution in [0.15, 0.2) is 24.3 Å². The second kappa shape index (κ2) is 5.09. The van der Waals surface area contributed by atoms with E-state index in [-0.39, 0.29) is 5.69 Å². The summed E-state index contributed by atoms with van der Waals surface area (Å²) in [5.41, 5.74) is 2.70. The molecule has 0 atom stereocenters. The first-order valence-electron chi connectivity index (χ1n) is 5.88. The summed E-state index contributed by atoms with van der Waals surface area (Å²) in [6.45, 7) is 2.22. The van der Waals surface area contributed by atoms with E-state index in [1.165, 1.54) is 0 Å². The molecule has 6 nitrogen and oxygen atoms in total. The van der Waals surface area contributed by atoms with Crippen molar-refractivity contribution in [2.75, 3.05) is 19.0 Å².